The van der Waals surface area contributed by atoms with Crippen molar-refractivity contribution < 1.29 is 14.6 Å². The van der Waals surface area contributed by atoms with Crippen LogP contribution in [0.5, 0.6) is 5.88 Å². The smallest absolute Gasteiger partial charge is 0.305 e. The summed E-state index contributed by atoms with van der Waals surface area (Å²) in [5.74, 6) is 0.458. The molecule has 0 amide bonds. The van der Waals surface area contributed by atoms with E-state index in [0.717, 1.165) is 25.2 Å². The summed E-state index contributed by atoms with van der Waals surface area (Å²) in [5, 5.41) is 8.86. The number of methoxy groups -OCH3 is 1. The Hall–Kier alpha value is -1.85. The van der Waals surface area contributed by atoms with E-state index < -0.39 is 5.97 Å². The molecule has 0 radical (unpaired) electrons. The molecule has 2 heterocycles. The van der Waals surface area contributed by atoms with Gasteiger partial charge in [-0.1, -0.05) is 0 Å². The molecule has 6 heteroatoms. The Morgan fingerprint density at radius 2 is 2.47 bits per heavy atom. The van der Waals surface area contributed by atoms with Crippen LogP contribution in [0.4, 0.5) is 5.82 Å². The number of aliphatic carboxylic acids is 1. The van der Waals surface area contributed by atoms with E-state index in [-0.39, 0.29) is 12.5 Å². The lowest BCUT2D eigenvalue weighted by molar-refractivity contribution is -0.137. The second-order valence-corrected chi connectivity index (χ2v) is 4.01. The van der Waals surface area contributed by atoms with E-state index in [9.17, 15) is 4.79 Å². The van der Waals surface area contributed by atoms with E-state index in [4.69, 9.17) is 9.84 Å². The predicted molar refractivity (Wildman–Crippen MR) is 61.2 cm³/mol. The van der Waals surface area contributed by atoms with Crippen LogP contribution in [0.3, 0.4) is 0 Å². The number of anilines is 1. The topological polar surface area (TPSA) is 75.5 Å². The van der Waals surface area contributed by atoms with E-state index in [1.165, 1.54) is 6.33 Å². The first-order valence-corrected chi connectivity index (χ1v) is 5.55. The fourth-order valence-corrected chi connectivity index (χ4v) is 2.15. The van der Waals surface area contributed by atoms with Gasteiger partial charge in [-0.3, -0.25) is 4.79 Å². The molecular formula is C11H15N3O3. The minimum absolute atomic E-state index is 0.0205. The van der Waals surface area contributed by atoms with Gasteiger partial charge >= 0.3 is 5.97 Å². The Kier molecular flexibility index (Phi) is 3.41. The first-order chi connectivity index (χ1) is 8.20. The van der Waals surface area contributed by atoms with Crippen molar-refractivity contribution in [2.75, 3.05) is 18.6 Å². The molecule has 92 valence electrons. The second-order valence-electron chi connectivity index (χ2n) is 4.01. The molecule has 1 fully saturated rings. The van der Waals surface area contributed by atoms with Crippen LogP contribution in [-0.4, -0.2) is 40.7 Å². The van der Waals surface area contributed by atoms with Gasteiger partial charge in [0.15, 0.2) is 0 Å². The Labute approximate surface area is 99.2 Å². The minimum atomic E-state index is -0.775. The molecule has 0 aliphatic carbocycles. The number of rotatable bonds is 4. The number of hydrogen-bond donors (Lipinski definition) is 1. The Bertz CT molecular complexity index is 411. The number of aromatic nitrogens is 2. The molecular weight excluding hydrogens is 222 g/mol. The number of nitrogens with zero attached hydrogens (tertiary/aromatic N) is 3. The van der Waals surface area contributed by atoms with Gasteiger partial charge in [-0.2, -0.15) is 0 Å². The van der Waals surface area contributed by atoms with Crippen LogP contribution in [0.2, 0.25) is 0 Å². The second kappa shape index (κ2) is 4.99. The highest BCUT2D eigenvalue weighted by Gasteiger charge is 2.27. The van der Waals surface area contributed by atoms with E-state index in [1.807, 2.05) is 4.90 Å². The van der Waals surface area contributed by atoms with Crippen molar-refractivity contribution in [3.63, 3.8) is 0 Å². The summed E-state index contributed by atoms with van der Waals surface area (Å²) in [4.78, 5) is 20.9. The van der Waals surface area contributed by atoms with Gasteiger partial charge in [0.05, 0.1) is 13.5 Å². The third-order valence-electron chi connectivity index (χ3n) is 2.92. The predicted octanol–water partition coefficient (Wildman–Crippen LogP) is 0.929. The lowest BCUT2D eigenvalue weighted by Crippen LogP contribution is -2.31. The van der Waals surface area contributed by atoms with Crippen molar-refractivity contribution in [2.24, 2.45) is 0 Å². The summed E-state index contributed by atoms with van der Waals surface area (Å²) >= 11 is 0. The third kappa shape index (κ3) is 2.64. The van der Waals surface area contributed by atoms with Crippen molar-refractivity contribution >= 4 is 11.8 Å². The standard InChI is InChI=1S/C11H15N3O3/c1-17-10-6-9(12-7-13-10)14-4-2-3-8(14)5-11(15)16/h6-8H,2-5H2,1H3,(H,15,16). The third-order valence-corrected chi connectivity index (χ3v) is 2.92. The van der Waals surface area contributed by atoms with Crippen LogP contribution in [0, 0.1) is 0 Å². The number of hydrogen-bond acceptors (Lipinski definition) is 5. The van der Waals surface area contributed by atoms with E-state index >= 15 is 0 Å². The first-order valence-electron chi connectivity index (χ1n) is 5.55. The molecule has 1 atom stereocenters. The minimum Gasteiger partial charge on any atom is -0.481 e. The zero-order valence-electron chi connectivity index (χ0n) is 9.67. The quantitative estimate of drug-likeness (QED) is 0.839. The monoisotopic (exact) mass is 237 g/mol. The van der Waals surface area contributed by atoms with Gasteiger partial charge in [0.1, 0.15) is 12.1 Å². The van der Waals surface area contributed by atoms with Crippen molar-refractivity contribution in [2.45, 2.75) is 25.3 Å². The van der Waals surface area contributed by atoms with Crippen LogP contribution >= 0.6 is 0 Å². The van der Waals surface area contributed by atoms with Crippen molar-refractivity contribution in [1.29, 1.82) is 0 Å². The average molecular weight is 237 g/mol. The maximum Gasteiger partial charge on any atom is 0.305 e. The fraction of sp³-hybridized carbons (Fsp3) is 0.545. The lowest BCUT2D eigenvalue weighted by atomic mass is 10.1. The SMILES string of the molecule is COc1cc(N2CCCC2CC(=O)O)ncn1. The van der Waals surface area contributed by atoms with Gasteiger partial charge < -0.3 is 14.7 Å². The zero-order chi connectivity index (χ0) is 12.3. The number of carbonyl (C=O) groups is 1. The summed E-state index contributed by atoms with van der Waals surface area (Å²) in [7, 11) is 1.55. The van der Waals surface area contributed by atoms with Gasteiger partial charge in [-0.25, -0.2) is 9.97 Å². The maximum absolute atomic E-state index is 10.8. The average Bonchev–Trinajstić information content (AvgIpc) is 2.76. The molecule has 1 aliphatic rings. The largest absolute Gasteiger partial charge is 0.481 e. The summed E-state index contributed by atoms with van der Waals surface area (Å²) in [6.45, 7) is 0.831. The molecule has 1 aliphatic heterocycles. The highest BCUT2D eigenvalue weighted by Crippen LogP contribution is 2.26. The first kappa shape index (κ1) is 11.6. The number of carboxylic acids is 1. The van der Waals surface area contributed by atoms with Gasteiger partial charge in [0.2, 0.25) is 5.88 Å². The van der Waals surface area contributed by atoms with Crippen LogP contribution in [0.1, 0.15) is 19.3 Å². The summed E-state index contributed by atoms with van der Waals surface area (Å²) < 4.78 is 5.04. The normalized spacial score (nSPS) is 19.4. The van der Waals surface area contributed by atoms with Crippen LogP contribution in [-0.2, 0) is 4.79 Å². The molecule has 1 aromatic heterocycles. The Morgan fingerprint density at radius 1 is 1.65 bits per heavy atom. The van der Waals surface area contributed by atoms with Crippen molar-refractivity contribution in [3.8, 4) is 5.88 Å². The molecule has 0 saturated carbocycles. The maximum atomic E-state index is 10.8. The molecule has 1 N–H and O–H groups in total. The molecule has 17 heavy (non-hydrogen) atoms. The summed E-state index contributed by atoms with van der Waals surface area (Å²) in [6, 6.07) is 1.76. The zero-order valence-corrected chi connectivity index (χ0v) is 9.67. The highest BCUT2D eigenvalue weighted by molar-refractivity contribution is 5.68. The molecule has 0 spiro atoms. The molecule has 1 unspecified atom stereocenters. The van der Waals surface area contributed by atoms with Gasteiger partial charge in [-0.05, 0) is 12.8 Å². The van der Waals surface area contributed by atoms with E-state index in [0.29, 0.717) is 5.88 Å². The molecule has 1 aromatic rings. The highest BCUT2D eigenvalue weighted by atomic mass is 16.5. The molecule has 1 saturated heterocycles. The van der Waals surface area contributed by atoms with Crippen LogP contribution < -0.4 is 9.64 Å². The lowest BCUT2D eigenvalue weighted by Gasteiger charge is -2.24. The van der Waals surface area contributed by atoms with Gasteiger partial charge in [-0.15, -0.1) is 0 Å². The van der Waals surface area contributed by atoms with E-state index in [2.05, 4.69) is 9.97 Å². The number of ether oxygens (including phenoxy) is 1. The van der Waals surface area contributed by atoms with Crippen LogP contribution in [0.25, 0.3) is 0 Å². The molecule has 6 nitrogen and oxygen atoms in total. The molecule has 2 rings (SSSR count). The summed E-state index contributed by atoms with van der Waals surface area (Å²) in [5.41, 5.74) is 0. The van der Waals surface area contributed by atoms with Gasteiger partial charge in [0, 0.05) is 18.7 Å². The van der Waals surface area contributed by atoms with Gasteiger partial charge in [0.25, 0.3) is 0 Å². The van der Waals surface area contributed by atoms with Crippen LogP contribution in [0.15, 0.2) is 12.4 Å². The van der Waals surface area contributed by atoms with E-state index in [1.54, 1.807) is 13.2 Å². The fourth-order valence-electron chi connectivity index (χ4n) is 2.15. The molecule has 0 bridgehead atoms. The van der Waals surface area contributed by atoms with Crippen molar-refractivity contribution in [1.82, 2.24) is 9.97 Å². The number of carboxylic acid groups (broad SMARTS) is 1. The molecule has 0 aromatic carbocycles. The Morgan fingerprint density at radius 3 is 3.18 bits per heavy atom. The van der Waals surface area contributed by atoms with Crippen molar-refractivity contribution in [3.05, 3.63) is 12.4 Å². The Balaban J connectivity index is 2.16. The summed E-state index contributed by atoms with van der Waals surface area (Å²) in [6.07, 6.45) is 3.46.